The van der Waals surface area contributed by atoms with Crippen molar-refractivity contribution in [3.8, 4) is 11.5 Å². The fourth-order valence-corrected chi connectivity index (χ4v) is 3.61. The average Bonchev–Trinajstić information content (AvgIpc) is 3.04. The van der Waals surface area contributed by atoms with Crippen molar-refractivity contribution in [1.29, 1.82) is 0 Å². The highest BCUT2D eigenvalue weighted by atomic mass is 35.5. The van der Waals surface area contributed by atoms with Gasteiger partial charge in [-0.1, -0.05) is 41.4 Å². The Balaban J connectivity index is 1.82. The molecule has 0 aliphatic carbocycles. The van der Waals surface area contributed by atoms with Gasteiger partial charge in [-0.25, -0.2) is 4.90 Å². The molecule has 0 spiro atoms. The first-order valence-corrected chi connectivity index (χ1v) is 10.2. The number of imide groups is 1. The van der Waals surface area contributed by atoms with Crippen LogP contribution in [0.3, 0.4) is 0 Å². The largest absolute Gasteiger partial charge is 0.497 e. The Bertz CT molecular complexity index is 1200. The number of benzene rings is 3. The molecule has 0 atom stereocenters. The fraction of sp³-hybridized carbons (Fsp3) is 0.120. The SMILES string of the molecule is COc1cc(NC2=C(c3ccc(Cl)cc3)C(=O)N(c3ccc(C)cc3)C2=O)cc(OC)c1. The summed E-state index contributed by atoms with van der Waals surface area (Å²) in [5.41, 5.74) is 3.08. The van der Waals surface area contributed by atoms with E-state index in [1.807, 2.05) is 19.1 Å². The second kappa shape index (κ2) is 8.77. The van der Waals surface area contributed by atoms with E-state index in [0.29, 0.717) is 33.5 Å². The van der Waals surface area contributed by atoms with Gasteiger partial charge in [-0.2, -0.15) is 0 Å². The highest BCUT2D eigenvalue weighted by molar-refractivity contribution is 6.46. The summed E-state index contributed by atoms with van der Waals surface area (Å²) in [6.45, 7) is 1.94. The fourth-order valence-electron chi connectivity index (χ4n) is 3.48. The minimum Gasteiger partial charge on any atom is -0.497 e. The zero-order valence-electron chi connectivity index (χ0n) is 17.8. The molecule has 2 amide bonds. The van der Waals surface area contributed by atoms with E-state index in [1.165, 1.54) is 4.90 Å². The van der Waals surface area contributed by atoms with Crippen LogP contribution >= 0.6 is 11.6 Å². The minimum absolute atomic E-state index is 0.160. The van der Waals surface area contributed by atoms with Crippen molar-refractivity contribution >= 4 is 40.4 Å². The molecule has 0 fully saturated rings. The van der Waals surface area contributed by atoms with Crippen molar-refractivity contribution in [3.63, 3.8) is 0 Å². The molecular weight excluding hydrogens is 428 g/mol. The van der Waals surface area contributed by atoms with Crippen molar-refractivity contribution in [3.05, 3.63) is 88.6 Å². The maximum Gasteiger partial charge on any atom is 0.282 e. The molecule has 0 radical (unpaired) electrons. The number of rotatable bonds is 6. The molecule has 4 rings (SSSR count). The Kier molecular flexibility index (Phi) is 5.88. The molecule has 1 aliphatic rings. The van der Waals surface area contributed by atoms with Crippen LogP contribution in [0.4, 0.5) is 11.4 Å². The van der Waals surface area contributed by atoms with E-state index >= 15 is 0 Å². The summed E-state index contributed by atoms with van der Waals surface area (Å²) in [6, 6.07) is 19.2. The van der Waals surface area contributed by atoms with E-state index in [1.54, 1.807) is 68.8 Å². The predicted octanol–water partition coefficient (Wildman–Crippen LogP) is 5.06. The molecule has 6 nitrogen and oxygen atoms in total. The molecule has 3 aromatic rings. The van der Waals surface area contributed by atoms with E-state index in [4.69, 9.17) is 21.1 Å². The zero-order chi connectivity index (χ0) is 22.8. The Morgan fingerprint density at radius 3 is 1.97 bits per heavy atom. The summed E-state index contributed by atoms with van der Waals surface area (Å²) in [5.74, 6) is 0.226. The van der Waals surface area contributed by atoms with Gasteiger partial charge in [-0.05, 0) is 36.8 Å². The third kappa shape index (κ3) is 4.05. The first-order valence-electron chi connectivity index (χ1n) is 9.87. The van der Waals surface area contributed by atoms with Gasteiger partial charge in [0.25, 0.3) is 11.8 Å². The number of aryl methyl sites for hydroxylation is 1. The molecule has 0 unspecified atom stereocenters. The Morgan fingerprint density at radius 1 is 0.812 bits per heavy atom. The van der Waals surface area contributed by atoms with Gasteiger partial charge < -0.3 is 14.8 Å². The number of ether oxygens (including phenoxy) is 2. The number of halogens is 1. The van der Waals surface area contributed by atoms with Gasteiger partial charge >= 0.3 is 0 Å². The normalized spacial score (nSPS) is 13.6. The molecule has 3 aromatic carbocycles. The number of amides is 2. The van der Waals surface area contributed by atoms with E-state index in [0.717, 1.165) is 5.56 Å². The van der Waals surface area contributed by atoms with Crippen molar-refractivity contribution in [2.45, 2.75) is 6.92 Å². The Hall–Kier alpha value is -3.77. The van der Waals surface area contributed by atoms with Gasteiger partial charge in [0, 0.05) is 28.9 Å². The number of hydrogen-bond donors (Lipinski definition) is 1. The lowest BCUT2D eigenvalue weighted by atomic mass is 10.0. The molecule has 1 heterocycles. The van der Waals surface area contributed by atoms with Gasteiger partial charge in [0.1, 0.15) is 17.2 Å². The Labute approximate surface area is 191 Å². The van der Waals surface area contributed by atoms with Crippen LogP contribution in [0.25, 0.3) is 5.57 Å². The van der Waals surface area contributed by atoms with Crippen molar-refractivity contribution < 1.29 is 19.1 Å². The van der Waals surface area contributed by atoms with Crippen LogP contribution in [-0.2, 0) is 9.59 Å². The maximum absolute atomic E-state index is 13.5. The van der Waals surface area contributed by atoms with Gasteiger partial charge in [0.15, 0.2) is 0 Å². The van der Waals surface area contributed by atoms with E-state index in [2.05, 4.69) is 5.32 Å². The van der Waals surface area contributed by atoms with Crippen LogP contribution < -0.4 is 19.7 Å². The number of anilines is 2. The summed E-state index contributed by atoms with van der Waals surface area (Å²) in [5, 5.41) is 3.66. The van der Waals surface area contributed by atoms with E-state index in [9.17, 15) is 9.59 Å². The monoisotopic (exact) mass is 448 g/mol. The van der Waals surface area contributed by atoms with Crippen LogP contribution in [-0.4, -0.2) is 26.0 Å². The molecule has 1 aliphatic heterocycles. The molecule has 32 heavy (non-hydrogen) atoms. The molecule has 1 N–H and O–H groups in total. The number of carbonyl (C=O) groups is 2. The van der Waals surface area contributed by atoms with E-state index < -0.39 is 11.8 Å². The number of carbonyl (C=O) groups excluding carboxylic acids is 2. The zero-order valence-corrected chi connectivity index (χ0v) is 18.6. The summed E-state index contributed by atoms with van der Waals surface area (Å²) in [6.07, 6.45) is 0. The second-order valence-electron chi connectivity index (χ2n) is 7.26. The lowest BCUT2D eigenvalue weighted by Crippen LogP contribution is -2.32. The summed E-state index contributed by atoms with van der Waals surface area (Å²) >= 11 is 6.03. The van der Waals surface area contributed by atoms with Gasteiger partial charge in [-0.3, -0.25) is 9.59 Å². The third-order valence-corrected chi connectivity index (χ3v) is 5.38. The van der Waals surface area contributed by atoms with E-state index in [-0.39, 0.29) is 11.3 Å². The maximum atomic E-state index is 13.5. The number of nitrogens with one attached hydrogen (secondary N) is 1. The minimum atomic E-state index is -0.453. The standard InChI is InChI=1S/C25H21ClN2O4/c1-15-4-10-19(11-5-15)28-24(29)22(16-6-8-17(26)9-7-16)23(25(28)30)27-18-12-20(31-2)14-21(13-18)32-3/h4-14,27H,1-3H3. The van der Waals surface area contributed by atoms with Crippen LogP contribution in [0, 0.1) is 6.92 Å². The van der Waals surface area contributed by atoms with Crippen molar-refractivity contribution in [2.24, 2.45) is 0 Å². The summed E-state index contributed by atoms with van der Waals surface area (Å²) in [7, 11) is 3.08. The molecule has 162 valence electrons. The quantitative estimate of drug-likeness (QED) is 0.534. The van der Waals surface area contributed by atoms with Crippen LogP contribution in [0.2, 0.25) is 5.02 Å². The molecule has 0 saturated heterocycles. The molecule has 0 saturated carbocycles. The van der Waals surface area contributed by atoms with Crippen molar-refractivity contribution in [1.82, 2.24) is 0 Å². The highest BCUT2D eigenvalue weighted by Crippen LogP contribution is 2.35. The van der Waals surface area contributed by atoms with Crippen LogP contribution in [0.1, 0.15) is 11.1 Å². The number of methoxy groups -OCH3 is 2. The lowest BCUT2D eigenvalue weighted by molar-refractivity contribution is -0.120. The molecule has 0 bridgehead atoms. The average molecular weight is 449 g/mol. The van der Waals surface area contributed by atoms with Crippen molar-refractivity contribution in [2.75, 3.05) is 24.4 Å². The predicted molar refractivity (Wildman–Crippen MR) is 125 cm³/mol. The molecule has 7 heteroatoms. The number of hydrogen-bond acceptors (Lipinski definition) is 5. The Morgan fingerprint density at radius 2 is 1.41 bits per heavy atom. The first-order chi connectivity index (χ1) is 15.4. The highest BCUT2D eigenvalue weighted by Gasteiger charge is 2.40. The smallest absolute Gasteiger partial charge is 0.282 e. The molecule has 0 aromatic heterocycles. The third-order valence-electron chi connectivity index (χ3n) is 5.13. The number of nitrogens with zero attached hydrogens (tertiary/aromatic N) is 1. The second-order valence-corrected chi connectivity index (χ2v) is 7.70. The van der Waals surface area contributed by atoms with Crippen LogP contribution in [0.15, 0.2) is 72.4 Å². The summed E-state index contributed by atoms with van der Waals surface area (Å²) < 4.78 is 10.6. The summed E-state index contributed by atoms with van der Waals surface area (Å²) in [4.78, 5) is 28.1. The van der Waals surface area contributed by atoms with Gasteiger partial charge in [0.2, 0.25) is 0 Å². The van der Waals surface area contributed by atoms with Crippen LogP contribution in [0.5, 0.6) is 11.5 Å². The van der Waals surface area contributed by atoms with Gasteiger partial charge in [-0.15, -0.1) is 0 Å². The lowest BCUT2D eigenvalue weighted by Gasteiger charge is -2.16. The topological polar surface area (TPSA) is 67.9 Å². The first kappa shape index (κ1) is 21.5. The molecular formula is C25H21ClN2O4. The van der Waals surface area contributed by atoms with Gasteiger partial charge in [0.05, 0.1) is 25.5 Å².